The van der Waals surface area contributed by atoms with Crippen LogP contribution < -0.4 is 0 Å². The van der Waals surface area contributed by atoms with Crippen LogP contribution in [0.2, 0.25) is 0 Å². The van der Waals surface area contributed by atoms with E-state index < -0.39 is 0 Å². The second kappa shape index (κ2) is 3.28. The van der Waals surface area contributed by atoms with Crippen LogP contribution >= 0.6 is 0 Å². The van der Waals surface area contributed by atoms with Gasteiger partial charge >= 0.3 is 0 Å². The molecule has 0 radical (unpaired) electrons. The molecule has 1 aromatic heterocycles. The van der Waals surface area contributed by atoms with Crippen molar-refractivity contribution < 1.29 is 0 Å². The number of rotatable bonds is 1. The number of hydrogen-bond acceptors (Lipinski definition) is 3. The molecule has 1 atom stereocenters. The molecule has 1 aliphatic rings. The summed E-state index contributed by atoms with van der Waals surface area (Å²) in [6, 6.07) is 14.1. The molecule has 0 N–H and O–H groups in total. The van der Waals surface area contributed by atoms with E-state index in [9.17, 15) is 0 Å². The summed E-state index contributed by atoms with van der Waals surface area (Å²) in [6.45, 7) is 0. The Morgan fingerprint density at radius 2 is 1.80 bits per heavy atom. The van der Waals surface area contributed by atoms with Gasteiger partial charge in [-0.3, -0.25) is 0 Å². The van der Waals surface area contributed by atoms with Crippen molar-refractivity contribution in [3.8, 4) is 0 Å². The Morgan fingerprint density at radius 3 is 2.67 bits per heavy atom. The molecule has 0 amide bonds. The lowest BCUT2D eigenvalue weighted by Gasteiger charge is -2.06. The molecular formula is C12H9N3. The van der Waals surface area contributed by atoms with Crippen LogP contribution in [-0.4, -0.2) is 4.98 Å². The van der Waals surface area contributed by atoms with Crippen molar-refractivity contribution in [2.45, 2.75) is 6.04 Å². The van der Waals surface area contributed by atoms with Crippen molar-refractivity contribution in [3.63, 3.8) is 0 Å². The fraction of sp³-hybridized carbons (Fsp3) is 0.0833. The summed E-state index contributed by atoms with van der Waals surface area (Å²) in [4.78, 5) is 4.17. The van der Waals surface area contributed by atoms with Crippen LogP contribution in [0.4, 0.5) is 5.82 Å². The Bertz CT molecular complexity index is 505. The molecule has 2 heterocycles. The number of azo groups is 1. The van der Waals surface area contributed by atoms with Gasteiger partial charge in [0.25, 0.3) is 0 Å². The first kappa shape index (κ1) is 8.29. The lowest BCUT2D eigenvalue weighted by Crippen LogP contribution is -1.93. The number of benzene rings is 1. The van der Waals surface area contributed by atoms with E-state index in [1.165, 1.54) is 0 Å². The second-order valence-electron chi connectivity index (χ2n) is 3.44. The lowest BCUT2D eigenvalue weighted by molar-refractivity contribution is 0.862. The molecule has 0 saturated carbocycles. The van der Waals surface area contributed by atoms with Crippen LogP contribution in [0.25, 0.3) is 0 Å². The predicted octanol–water partition coefficient (Wildman–Crippen LogP) is 3.27. The first-order chi connectivity index (χ1) is 7.45. The fourth-order valence-corrected chi connectivity index (χ4v) is 1.76. The number of nitrogens with zero attached hydrogens (tertiary/aromatic N) is 3. The maximum Gasteiger partial charge on any atom is 0.179 e. The highest BCUT2D eigenvalue weighted by Crippen LogP contribution is 2.37. The minimum Gasteiger partial charge on any atom is -0.235 e. The maximum absolute atomic E-state index is 4.24. The zero-order valence-corrected chi connectivity index (χ0v) is 8.04. The van der Waals surface area contributed by atoms with Gasteiger partial charge in [-0.2, -0.15) is 5.11 Å². The van der Waals surface area contributed by atoms with Crippen molar-refractivity contribution in [1.82, 2.24) is 4.98 Å². The molecule has 3 nitrogen and oxygen atoms in total. The summed E-state index contributed by atoms with van der Waals surface area (Å²) in [5.41, 5.74) is 2.25. The van der Waals surface area contributed by atoms with E-state index in [1.807, 2.05) is 30.3 Å². The van der Waals surface area contributed by atoms with Gasteiger partial charge in [0, 0.05) is 11.8 Å². The monoisotopic (exact) mass is 195 g/mol. The van der Waals surface area contributed by atoms with Gasteiger partial charge in [0.15, 0.2) is 5.82 Å². The molecule has 2 aromatic rings. The predicted molar refractivity (Wildman–Crippen MR) is 57.0 cm³/mol. The summed E-state index contributed by atoms with van der Waals surface area (Å²) in [7, 11) is 0. The smallest absolute Gasteiger partial charge is 0.179 e. The van der Waals surface area contributed by atoms with Gasteiger partial charge in [0.1, 0.15) is 6.04 Å². The fourth-order valence-electron chi connectivity index (χ4n) is 1.76. The van der Waals surface area contributed by atoms with E-state index in [1.54, 1.807) is 6.20 Å². The zero-order chi connectivity index (χ0) is 10.1. The molecule has 1 unspecified atom stereocenters. The third-order valence-corrected chi connectivity index (χ3v) is 2.49. The molecule has 3 rings (SSSR count). The summed E-state index contributed by atoms with van der Waals surface area (Å²) in [6.07, 6.45) is 1.74. The average molecular weight is 195 g/mol. The van der Waals surface area contributed by atoms with E-state index in [2.05, 4.69) is 27.3 Å². The van der Waals surface area contributed by atoms with Gasteiger partial charge in [0.05, 0.1) is 0 Å². The molecule has 0 fully saturated rings. The van der Waals surface area contributed by atoms with E-state index in [0.717, 1.165) is 16.9 Å². The Labute approximate surface area is 87.5 Å². The SMILES string of the molecule is c1ccc(C2N=Nc3ncccc32)cc1. The molecule has 1 aliphatic heterocycles. The van der Waals surface area contributed by atoms with Crippen LogP contribution in [0.3, 0.4) is 0 Å². The second-order valence-corrected chi connectivity index (χ2v) is 3.44. The number of fused-ring (bicyclic) bond motifs is 1. The van der Waals surface area contributed by atoms with Crippen LogP contribution in [0.15, 0.2) is 58.9 Å². The lowest BCUT2D eigenvalue weighted by atomic mass is 10.0. The summed E-state index contributed by atoms with van der Waals surface area (Å²) >= 11 is 0. The highest BCUT2D eigenvalue weighted by Gasteiger charge is 2.22. The first-order valence-electron chi connectivity index (χ1n) is 4.86. The van der Waals surface area contributed by atoms with Crippen LogP contribution in [0, 0.1) is 0 Å². The topological polar surface area (TPSA) is 37.6 Å². The quantitative estimate of drug-likeness (QED) is 0.688. The van der Waals surface area contributed by atoms with Crippen LogP contribution in [-0.2, 0) is 0 Å². The van der Waals surface area contributed by atoms with E-state index in [-0.39, 0.29) is 6.04 Å². The summed E-state index contributed by atoms with van der Waals surface area (Å²) < 4.78 is 0. The first-order valence-corrected chi connectivity index (χ1v) is 4.86. The number of hydrogen-bond donors (Lipinski definition) is 0. The highest BCUT2D eigenvalue weighted by atomic mass is 15.2. The molecule has 0 spiro atoms. The summed E-state index contributed by atoms with van der Waals surface area (Å²) in [5.74, 6) is 0.742. The average Bonchev–Trinajstić information content (AvgIpc) is 2.74. The van der Waals surface area contributed by atoms with E-state index in [4.69, 9.17) is 0 Å². The maximum atomic E-state index is 4.24. The van der Waals surface area contributed by atoms with E-state index >= 15 is 0 Å². The molecule has 0 aliphatic carbocycles. The molecule has 0 bridgehead atoms. The van der Waals surface area contributed by atoms with Crippen molar-refractivity contribution in [1.29, 1.82) is 0 Å². The van der Waals surface area contributed by atoms with Crippen molar-refractivity contribution in [2.75, 3.05) is 0 Å². The van der Waals surface area contributed by atoms with Gasteiger partial charge in [-0.15, -0.1) is 5.11 Å². The van der Waals surface area contributed by atoms with Crippen LogP contribution in [0.5, 0.6) is 0 Å². The standard InChI is InChI=1S/C12H9N3/c1-2-5-9(6-3-1)11-10-7-4-8-13-12(10)15-14-11/h1-8,11H. The van der Waals surface area contributed by atoms with Crippen LogP contribution in [0.1, 0.15) is 17.2 Å². The largest absolute Gasteiger partial charge is 0.235 e. The number of pyridine rings is 1. The minimum absolute atomic E-state index is 0.0231. The van der Waals surface area contributed by atoms with Crippen molar-refractivity contribution in [2.24, 2.45) is 10.2 Å². The normalized spacial score (nSPS) is 17.7. The summed E-state index contributed by atoms with van der Waals surface area (Å²) in [5, 5.41) is 8.31. The molecule has 0 saturated heterocycles. The van der Waals surface area contributed by atoms with Gasteiger partial charge in [-0.1, -0.05) is 36.4 Å². The van der Waals surface area contributed by atoms with Gasteiger partial charge in [-0.05, 0) is 11.6 Å². The Kier molecular flexibility index (Phi) is 1.81. The third kappa shape index (κ3) is 1.32. The molecular weight excluding hydrogens is 186 g/mol. The zero-order valence-electron chi connectivity index (χ0n) is 8.04. The van der Waals surface area contributed by atoms with Gasteiger partial charge in [0.2, 0.25) is 0 Å². The van der Waals surface area contributed by atoms with E-state index in [0.29, 0.717) is 0 Å². The third-order valence-electron chi connectivity index (χ3n) is 2.49. The van der Waals surface area contributed by atoms with Gasteiger partial charge in [-0.25, -0.2) is 4.98 Å². The molecule has 3 heteroatoms. The molecule has 1 aromatic carbocycles. The Balaban J connectivity index is 2.09. The van der Waals surface area contributed by atoms with Crippen molar-refractivity contribution >= 4 is 5.82 Å². The van der Waals surface area contributed by atoms with Crippen molar-refractivity contribution in [3.05, 3.63) is 59.8 Å². The highest BCUT2D eigenvalue weighted by molar-refractivity contribution is 5.47. The Hall–Kier alpha value is -2.03. The molecule has 72 valence electrons. The number of aromatic nitrogens is 1. The minimum atomic E-state index is 0.0231. The van der Waals surface area contributed by atoms with Gasteiger partial charge < -0.3 is 0 Å². The Morgan fingerprint density at radius 1 is 0.933 bits per heavy atom. The molecule has 15 heavy (non-hydrogen) atoms.